The first-order chi connectivity index (χ1) is 9.54. The van der Waals surface area contributed by atoms with E-state index in [9.17, 15) is 13.4 Å². The van der Waals surface area contributed by atoms with Gasteiger partial charge in [-0.1, -0.05) is 11.8 Å². The molecule has 0 heterocycles. The summed E-state index contributed by atoms with van der Waals surface area (Å²) < 4.78 is 24.5. The Morgan fingerprint density at radius 1 is 1.50 bits per heavy atom. The highest BCUT2D eigenvalue weighted by Crippen LogP contribution is 2.10. The fourth-order valence-corrected chi connectivity index (χ4v) is 2.05. The monoisotopic (exact) mass is 296 g/mol. The van der Waals surface area contributed by atoms with Gasteiger partial charge in [0, 0.05) is 34.9 Å². The zero-order valence-electron chi connectivity index (χ0n) is 11.2. The molecule has 1 rings (SSSR count). The first-order valence-electron chi connectivity index (χ1n) is 6.11. The van der Waals surface area contributed by atoms with Gasteiger partial charge in [0.1, 0.15) is 5.82 Å². The van der Waals surface area contributed by atoms with Gasteiger partial charge in [0.25, 0.3) is 5.91 Å². The van der Waals surface area contributed by atoms with Gasteiger partial charge >= 0.3 is 0 Å². The highest BCUT2D eigenvalue weighted by atomic mass is 32.2. The fraction of sp³-hybridized carbons (Fsp3) is 0.357. The van der Waals surface area contributed by atoms with E-state index in [-0.39, 0.29) is 12.1 Å². The Kier molecular flexibility index (Phi) is 6.91. The Morgan fingerprint density at radius 3 is 2.90 bits per heavy atom. The number of nitrogens with one attached hydrogen (secondary N) is 1. The lowest BCUT2D eigenvalue weighted by Crippen LogP contribution is -2.26. The molecule has 0 saturated carbocycles. The van der Waals surface area contributed by atoms with E-state index < -0.39 is 22.5 Å². The molecule has 1 atom stereocenters. The first kappa shape index (κ1) is 16.3. The van der Waals surface area contributed by atoms with Crippen molar-refractivity contribution in [3.8, 4) is 11.8 Å². The highest BCUT2D eigenvalue weighted by molar-refractivity contribution is 7.84. The molecule has 0 radical (unpaired) electrons. The van der Waals surface area contributed by atoms with E-state index in [0.29, 0.717) is 24.3 Å². The smallest absolute Gasteiger partial charge is 0.254 e. The molecule has 3 N–H and O–H groups in total. The Hall–Kier alpha value is -1.71. The van der Waals surface area contributed by atoms with E-state index in [4.69, 9.17) is 5.73 Å². The molecule has 1 aromatic carbocycles. The molecule has 0 aliphatic carbocycles. The quantitative estimate of drug-likeness (QED) is 0.618. The van der Waals surface area contributed by atoms with E-state index in [2.05, 4.69) is 17.2 Å². The van der Waals surface area contributed by atoms with Gasteiger partial charge in [-0.15, -0.1) is 0 Å². The van der Waals surface area contributed by atoms with Crippen LogP contribution in [0.2, 0.25) is 0 Å². The van der Waals surface area contributed by atoms with Crippen LogP contribution < -0.4 is 11.1 Å². The minimum absolute atomic E-state index is 0.0496. The number of halogens is 1. The van der Waals surface area contributed by atoms with Gasteiger partial charge in [0.15, 0.2) is 0 Å². The van der Waals surface area contributed by atoms with Crippen LogP contribution >= 0.6 is 0 Å². The number of hydrogen-bond donors (Lipinski definition) is 2. The number of carbonyl (C=O) groups is 1. The number of benzene rings is 1. The summed E-state index contributed by atoms with van der Waals surface area (Å²) >= 11 is 0. The van der Waals surface area contributed by atoms with Gasteiger partial charge in [0.2, 0.25) is 0 Å². The number of nitrogens with two attached hydrogens (primary N) is 1. The van der Waals surface area contributed by atoms with E-state index >= 15 is 0 Å². The summed E-state index contributed by atoms with van der Waals surface area (Å²) in [5, 5.41) is 2.59. The lowest BCUT2D eigenvalue weighted by Gasteiger charge is -2.06. The van der Waals surface area contributed by atoms with Crippen LogP contribution in [0, 0.1) is 17.7 Å². The van der Waals surface area contributed by atoms with Crippen molar-refractivity contribution in [2.24, 2.45) is 5.73 Å². The molecular formula is C14H17FN2O2S. The molecule has 1 amide bonds. The Balaban J connectivity index is 2.69. The zero-order valence-corrected chi connectivity index (χ0v) is 12.1. The summed E-state index contributed by atoms with van der Waals surface area (Å²) in [4.78, 5) is 11.8. The normalized spacial score (nSPS) is 11.3. The van der Waals surface area contributed by atoms with Crippen molar-refractivity contribution in [1.29, 1.82) is 0 Å². The van der Waals surface area contributed by atoms with Gasteiger partial charge in [0.05, 0.1) is 12.1 Å². The summed E-state index contributed by atoms with van der Waals surface area (Å²) in [7, 11) is -0.892. The topological polar surface area (TPSA) is 72.2 Å². The molecule has 1 unspecified atom stereocenters. The maximum Gasteiger partial charge on any atom is 0.254 e. The Bertz CT molecular complexity index is 564. The Labute approximate surface area is 120 Å². The second-order valence-corrected chi connectivity index (χ2v) is 5.64. The first-order valence-corrected chi connectivity index (χ1v) is 7.84. The lowest BCUT2D eigenvalue weighted by atomic mass is 10.1. The molecule has 0 bridgehead atoms. The Morgan fingerprint density at radius 2 is 2.25 bits per heavy atom. The predicted octanol–water partition coefficient (Wildman–Crippen LogP) is 0.634. The molecule has 0 aliphatic rings. The van der Waals surface area contributed by atoms with Crippen LogP contribution in [0.15, 0.2) is 18.2 Å². The molecular weight excluding hydrogens is 279 g/mol. The molecule has 6 heteroatoms. The summed E-state index contributed by atoms with van der Waals surface area (Å²) in [5.74, 6) is 4.80. The van der Waals surface area contributed by atoms with Crippen LogP contribution in [0.25, 0.3) is 0 Å². The maximum atomic E-state index is 13.6. The molecule has 108 valence electrons. The molecule has 20 heavy (non-hydrogen) atoms. The van der Waals surface area contributed by atoms with Crippen molar-refractivity contribution < 1.29 is 13.4 Å². The largest absolute Gasteiger partial charge is 0.352 e. The van der Waals surface area contributed by atoms with Crippen LogP contribution in [0.5, 0.6) is 0 Å². The van der Waals surface area contributed by atoms with Gasteiger partial charge < -0.3 is 11.1 Å². The average Bonchev–Trinajstić information content (AvgIpc) is 2.42. The molecule has 1 aromatic rings. The molecule has 0 fully saturated rings. The standard InChI is InChI=1S/C14H17FN2O2S/c1-20(19)9-3-8-17-14(18)12-10-11(4-2-7-16)5-6-13(12)15/h5-6,10H,3,7-9,16H2,1H3,(H,17,18). The predicted molar refractivity (Wildman–Crippen MR) is 78.2 cm³/mol. The van der Waals surface area contributed by atoms with Crippen molar-refractivity contribution in [2.45, 2.75) is 6.42 Å². The minimum Gasteiger partial charge on any atom is -0.352 e. The molecule has 0 aromatic heterocycles. The van der Waals surface area contributed by atoms with Crippen molar-refractivity contribution >= 4 is 16.7 Å². The minimum atomic E-state index is -0.892. The molecule has 0 spiro atoms. The lowest BCUT2D eigenvalue weighted by molar-refractivity contribution is 0.0949. The van der Waals surface area contributed by atoms with Gasteiger partial charge in [-0.25, -0.2) is 4.39 Å². The summed E-state index contributed by atoms with van der Waals surface area (Å²) in [6, 6.07) is 4.09. The van der Waals surface area contributed by atoms with Crippen LogP contribution in [0.1, 0.15) is 22.3 Å². The van der Waals surface area contributed by atoms with Crippen molar-refractivity contribution in [1.82, 2.24) is 5.32 Å². The van der Waals surface area contributed by atoms with Crippen molar-refractivity contribution in [3.05, 3.63) is 35.1 Å². The third kappa shape index (κ3) is 5.51. The van der Waals surface area contributed by atoms with E-state index in [1.165, 1.54) is 18.2 Å². The van der Waals surface area contributed by atoms with Crippen molar-refractivity contribution in [2.75, 3.05) is 25.1 Å². The number of carbonyl (C=O) groups excluding carboxylic acids is 1. The zero-order chi connectivity index (χ0) is 15.0. The highest BCUT2D eigenvalue weighted by Gasteiger charge is 2.11. The number of amides is 1. The molecule has 0 saturated heterocycles. The van der Waals surface area contributed by atoms with Crippen LogP contribution in [-0.2, 0) is 10.8 Å². The van der Waals surface area contributed by atoms with Gasteiger partial charge in [-0.05, 0) is 24.6 Å². The van der Waals surface area contributed by atoms with E-state index in [0.717, 1.165) is 0 Å². The van der Waals surface area contributed by atoms with Crippen LogP contribution in [0.4, 0.5) is 4.39 Å². The second-order valence-electron chi connectivity index (χ2n) is 4.09. The van der Waals surface area contributed by atoms with Crippen molar-refractivity contribution in [3.63, 3.8) is 0 Å². The average molecular weight is 296 g/mol. The van der Waals surface area contributed by atoms with Crippen LogP contribution in [0.3, 0.4) is 0 Å². The maximum absolute atomic E-state index is 13.6. The fourth-order valence-electron chi connectivity index (χ4n) is 1.50. The molecule has 0 aliphatic heterocycles. The summed E-state index contributed by atoms with van der Waals surface area (Å²) in [6.45, 7) is 0.559. The van der Waals surface area contributed by atoms with Crippen LogP contribution in [-0.4, -0.2) is 35.2 Å². The summed E-state index contributed by atoms with van der Waals surface area (Å²) in [6.07, 6.45) is 2.18. The third-order valence-electron chi connectivity index (χ3n) is 2.44. The van der Waals surface area contributed by atoms with E-state index in [1.807, 2.05) is 0 Å². The molecule has 4 nitrogen and oxygen atoms in total. The van der Waals surface area contributed by atoms with Gasteiger partial charge in [-0.2, -0.15) is 0 Å². The summed E-state index contributed by atoms with van der Waals surface area (Å²) in [5.41, 5.74) is 5.75. The SMILES string of the molecule is CS(=O)CCCNC(=O)c1cc(C#CCN)ccc1F. The van der Waals surface area contributed by atoms with E-state index in [1.54, 1.807) is 6.26 Å². The number of hydrogen-bond acceptors (Lipinski definition) is 3. The third-order valence-corrected chi connectivity index (χ3v) is 3.30. The second kappa shape index (κ2) is 8.46. The van der Waals surface area contributed by atoms with Gasteiger partial charge in [-0.3, -0.25) is 9.00 Å². The number of rotatable bonds is 5.